The average Bonchev–Trinajstić information content (AvgIpc) is 3.84. The van der Waals surface area contributed by atoms with Crippen molar-refractivity contribution in [2.45, 2.75) is 64.6 Å². The van der Waals surface area contributed by atoms with E-state index in [1.807, 2.05) is 36.1 Å². The summed E-state index contributed by atoms with van der Waals surface area (Å²) in [6, 6.07) is 4.76. The van der Waals surface area contributed by atoms with Crippen molar-refractivity contribution < 1.29 is 9.59 Å². The van der Waals surface area contributed by atoms with Crippen molar-refractivity contribution in [3.63, 3.8) is 0 Å². The Labute approximate surface area is 230 Å². The third-order valence-corrected chi connectivity index (χ3v) is 8.37. The number of anilines is 2. The van der Waals surface area contributed by atoms with E-state index in [0.717, 1.165) is 41.5 Å². The second-order valence-corrected chi connectivity index (χ2v) is 11.6. The zero-order valence-electron chi connectivity index (χ0n) is 22.6. The van der Waals surface area contributed by atoms with Crippen LogP contribution in [0.5, 0.6) is 0 Å². The molecule has 2 fully saturated rings. The summed E-state index contributed by atoms with van der Waals surface area (Å²) in [4.78, 5) is 45.2. The second-order valence-electron chi connectivity index (χ2n) is 10.4. The van der Waals surface area contributed by atoms with Crippen molar-refractivity contribution in [2.24, 2.45) is 7.05 Å². The molecule has 0 radical (unpaired) electrons. The largest absolute Gasteiger partial charge is 0.339 e. The maximum atomic E-state index is 13.8. The highest BCUT2D eigenvalue weighted by molar-refractivity contribution is 7.15. The summed E-state index contributed by atoms with van der Waals surface area (Å²) < 4.78 is 3.95. The van der Waals surface area contributed by atoms with E-state index in [1.54, 1.807) is 13.4 Å². The third kappa shape index (κ3) is 4.40. The van der Waals surface area contributed by atoms with Gasteiger partial charge in [0, 0.05) is 49.5 Å². The van der Waals surface area contributed by atoms with Crippen molar-refractivity contribution in [3.8, 4) is 6.07 Å². The maximum Gasteiger partial charge on any atom is 0.273 e. The molecule has 0 bridgehead atoms. The molecule has 4 heterocycles. The fourth-order valence-electron chi connectivity index (χ4n) is 5.22. The molecule has 2 aliphatic carbocycles. The highest BCUT2D eigenvalue weighted by Crippen LogP contribution is 2.40. The summed E-state index contributed by atoms with van der Waals surface area (Å²) in [5.41, 5.74) is 3.29. The van der Waals surface area contributed by atoms with Crippen molar-refractivity contribution in [3.05, 3.63) is 28.7 Å². The highest BCUT2D eigenvalue weighted by atomic mass is 32.1. The number of amides is 2. The van der Waals surface area contributed by atoms with Crippen LogP contribution in [0, 0.1) is 18.3 Å². The van der Waals surface area contributed by atoms with Crippen LogP contribution in [0.25, 0.3) is 22.1 Å². The molecule has 0 saturated heterocycles. The number of carbonyl (C=O) groups excluding carboxylic acids is 2. The first-order chi connectivity index (χ1) is 18.8. The topological polar surface area (TPSA) is 125 Å². The first kappa shape index (κ1) is 25.3. The number of thiazole rings is 1. The summed E-state index contributed by atoms with van der Waals surface area (Å²) in [5, 5.41) is 13.6. The summed E-state index contributed by atoms with van der Waals surface area (Å²) >= 11 is 1.37. The summed E-state index contributed by atoms with van der Waals surface area (Å²) in [6.45, 7) is 4.83. The number of hydrogen-bond donors (Lipinski definition) is 1. The monoisotopic (exact) mass is 545 g/mol. The zero-order valence-corrected chi connectivity index (χ0v) is 23.4. The molecule has 0 atom stereocenters. The number of pyridine rings is 1. The number of carbonyl (C=O) groups is 2. The molecule has 4 aromatic heterocycles. The molecule has 2 aliphatic rings. The van der Waals surface area contributed by atoms with E-state index in [0.29, 0.717) is 58.7 Å². The van der Waals surface area contributed by atoms with Crippen molar-refractivity contribution in [2.75, 3.05) is 18.9 Å². The number of hydrogen-bond acceptors (Lipinski definition) is 8. The molecule has 39 heavy (non-hydrogen) atoms. The fraction of sp³-hybridized carbons (Fsp3) is 0.481. The Morgan fingerprint density at radius 3 is 2.56 bits per heavy atom. The first-order valence-corrected chi connectivity index (χ1v) is 14.2. The van der Waals surface area contributed by atoms with Gasteiger partial charge >= 0.3 is 0 Å². The van der Waals surface area contributed by atoms with E-state index in [-0.39, 0.29) is 18.2 Å². The number of nitriles is 1. The summed E-state index contributed by atoms with van der Waals surface area (Å²) in [5.74, 6) is 0.387. The quantitative estimate of drug-likeness (QED) is 0.334. The van der Waals surface area contributed by atoms with Crippen LogP contribution in [0.3, 0.4) is 0 Å². The lowest BCUT2D eigenvalue weighted by Gasteiger charge is -2.22. The number of aryl methyl sites for hydroxylation is 3. The molecule has 11 nitrogen and oxygen atoms in total. The van der Waals surface area contributed by atoms with Gasteiger partial charge in [0.1, 0.15) is 22.6 Å². The lowest BCUT2D eigenvalue weighted by Crippen LogP contribution is -2.36. The molecular formula is C27H31N9O2S. The summed E-state index contributed by atoms with van der Waals surface area (Å²) in [6.07, 6.45) is 6.34. The second kappa shape index (κ2) is 9.64. The van der Waals surface area contributed by atoms with Gasteiger partial charge in [0.05, 0.1) is 24.3 Å². The van der Waals surface area contributed by atoms with Gasteiger partial charge in [-0.25, -0.2) is 15.0 Å². The number of aromatic nitrogens is 5. The van der Waals surface area contributed by atoms with E-state index < -0.39 is 0 Å². The Morgan fingerprint density at radius 1 is 1.21 bits per heavy atom. The van der Waals surface area contributed by atoms with Crippen molar-refractivity contribution in [1.82, 2.24) is 33.9 Å². The van der Waals surface area contributed by atoms with E-state index >= 15 is 0 Å². The lowest BCUT2D eigenvalue weighted by molar-refractivity contribution is 0.0718. The van der Waals surface area contributed by atoms with Gasteiger partial charge in [-0.3, -0.25) is 9.59 Å². The van der Waals surface area contributed by atoms with Crippen molar-refractivity contribution in [1.29, 1.82) is 5.26 Å². The first-order valence-electron chi connectivity index (χ1n) is 13.4. The normalized spacial score (nSPS) is 15.1. The summed E-state index contributed by atoms with van der Waals surface area (Å²) in [7, 11) is 3.61. The van der Waals surface area contributed by atoms with Crippen LogP contribution in [0.2, 0.25) is 0 Å². The van der Waals surface area contributed by atoms with Crippen LogP contribution in [0.15, 0.2) is 12.4 Å². The minimum Gasteiger partial charge on any atom is -0.339 e. The van der Waals surface area contributed by atoms with Gasteiger partial charge in [-0.15, -0.1) is 11.3 Å². The molecule has 2 saturated carbocycles. The number of imidazole rings is 1. The molecule has 0 spiro atoms. The van der Waals surface area contributed by atoms with Gasteiger partial charge < -0.3 is 24.3 Å². The van der Waals surface area contributed by atoms with Crippen LogP contribution >= 0.6 is 11.3 Å². The Bertz CT molecular complexity index is 1640. The SMILES string of the molecule is CCn1c(C(=O)N(C2CC2)C2CC2)cc2c3c(ncn3C)c(Nc3nc(C(=O)N(C)CCC#N)c(C)s3)nc21. The van der Waals surface area contributed by atoms with E-state index in [2.05, 4.69) is 26.3 Å². The molecular weight excluding hydrogens is 514 g/mol. The number of nitrogens with one attached hydrogen (secondary N) is 1. The third-order valence-electron chi connectivity index (χ3n) is 7.48. The van der Waals surface area contributed by atoms with Gasteiger partial charge in [0.15, 0.2) is 10.9 Å². The van der Waals surface area contributed by atoms with Crippen LogP contribution in [0.1, 0.15) is 64.9 Å². The van der Waals surface area contributed by atoms with E-state index in [1.165, 1.54) is 16.2 Å². The van der Waals surface area contributed by atoms with Gasteiger partial charge in [0.25, 0.3) is 11.8 Å². The molecule has 2 amide bonds. The predicted molar refractivity (Wildman–Crippen MR) is 149 cm³/mol. The van der Waals surface area contributed by atoms with Crippen LogP contribution in [-0.4, -0.2) is 71.4 Å². The van der Waals surface area contributed by atoms with Crippen LogP contribution < -0.4 is 5.32 Å². The molecule has 202 valence electrons. The predicted octanol–water partition coefficient (Wildman–Crippen LogP) is 4.20. The van der Waals surface area contributed by atoms with Gasteiger partial charge in [-0.1, -0.05) is 0 Å². The van der Waals surface area contributed by atoms with Crippen molar-refractivity contribution >= 4 is 56.2 Å². The Balaban J connectivity index is 1.40. The minimum absolute atomic E-state index is 0.0869. The van der Waals surface area contributed by atoms with Gasteiger partial charge in [-0.2, -0.15) is 5.26 Å². The Kier molecular flexibility index (Phi) is 6.26. The number of fused-ring (bicyclic) bond motifs is 3. The van der Waals surface area contributed by atoms with Crippen LogP contribution in [-0.2, 0) is 13.6 Å². The zero-order chi connectivity index (χ0) is 27.4. The van der Waals surface area contributed by atoms with Gasteiger partial charge in [-0.05, 0) is 45.6 Å². The molecule has 0 aromatic carbocycles. The van der Waals surface area contributed by atoms with E-state index in [4.69, 9.17) is 10.2 Å². The Morgan fingerprint density at radius 2 is 1.92 bits per heavy atom. The Hall–Kier alpha value is -3.98. The van der Waals surface area contributed by atoms with Crippen LogP contribution in [0.4, 0.5) is 10.9 Å². The highest BCUT2D eigenvalue weighted by Gasteiger charge is 2.43. The molecule has 6 rings (SSSR count). The standard InChI is InChI=1S/C27H31N9O2S/c1-5-35-19(25(37)36(16-7-8-16)17-9-10-17)13-18-22-21(29-14-34(22)4)23(31-24(18)35)32-27-30-20(15(2)39-27)26(38)33(3)12-6-11-28/h13-14,16-17H,5-10,12H2,1-4H3,(H,30,31,32). The molecule has 0 unspecified atom stereocenters. The average molecular weight is 546 g/mol. The number of rotatable bonds is 9. The maximum absolute atomic E-state index is 13.8. The lowest BCUT2D eigenvalue weighted by atomic mass is 10.2. The smallest absolute Gasteiger partial charge is 0.273 e. The fourth-order valence-corrected chi connectivity index (χ4v) is 6.02. The molecule has 12 heteroatoms. The van der Waals surface area contributed by atoms with Gasteiger partial charge in [0.2, 0.25) is 0 Å². The van der Waals surface area contributed by atoms with E-state index in [9.17, 15) is 9.59 Å². The number of nitrogens with zero attached hydrogens (tertiary/aromatic N) is 8. The molecule has 1 N–H and O–H groups in total. The minimum atomic E-state index is -0.225. The molecule has 0 aliphatic heterocycles. The molecule has 4 aromatic rings.